The zero-order chi connectivity index (χ0) is 12.8. The van der Waals surface area contributed by atoms with Crippen molar-refractivity contribution in [2.75, 3.05) is 0 Å². The summed E-state index contributed by atoms with van der Waals surface area (Å²) in [6.07, 6.45) is 0. The fraction of sp³-hybridized carbons (Fsp3) is 0.143. The number of hydrogen-bond acceptors (Lipinski definition) is 0. The molecule has 0 aliphatic heterocycles. The van der Waals surface area contributed by atoms with E-state index in [0.717, 1.165) is 10.0 Å². The number of benzene rings is 2. The molecule has 18 heavy (non-hydrogen) atoms. The summed E-state index contributed by atoms with van der Waals surface area (Å²) in [5, 5.41) is 4.05. The Kier molecular flexibility index (Phi) is 6.11. The van der Waals surface area contributed by atoms with Crippen LogP contribution < -0.4 is 0 Å². The summed E-state index contributed by atoms with van der Waals surface area (Å²) in [5.41, 5.74) is 2.80. The molecule has 0 heterocycles. The van der Waals surface area contributed by atoms with Crippen molar-refractivity contribution in [1.82, 2.24) is 0 Å². The maximum atomic E-state index is 5.86. The Morgan fingerprint density at radius 2 is 0.944 bits per heavy atom. The van der Waals surface area contributed by atoms with Crippen molar-refractivity contribution >= 4 is 49.5 Å². The van der Waals surface area contributed by atoms with Crippen molar-refractivity contribution in [3.05, 3.63) is 69.7 Å². The van der Waals surface area contributed by atoms with Gasteiger partial charge in [0.25, 0.3) is 0 Å². The quantitative estimate of drug-likeness (QED) is 0.517. The topological polar surface area (TPSA) is 0 Å². The van der Waals surface area contributed by atoms with E-state index >= 15 is 0 Å². The standard InChI is InChI=1S/C14H12Cl2Se2/c15-13-5-1-11(2-6-13)9-17-18-10-12-3-7-14(16)8-4-12/h1-8H,9-10H2. The van der Waals surface area contributed by atoms with Gasteiger partial charge in [0.05, 0.1) is 0 Å². The van der Waals surface area contributed by atoms with Gasteiger partial charge in [0.1, 0.15) is 0 Å². The van der Waals surface area contributed by atoms with Gasteiger partial charge in [0.15, 0.2) is 0 Å². The van der Waals surface area contributed by atoms with Crippen molar-refractivity contribution in [3.8, 4) is 0 Å². The molecule has 0 N–H and O–H groups in total. The van der Waals surface area contributed by atoms with E-state index in [-0.39, 0.29) is 0 Å². The molecule has 0 unspecified atom stereocenters. The van der Waals surface area contributed by atoms with Crippen LogP contribution >= 0.6 is 23.2 Å². The summed E-state index contributed by atoms with van der Waals surface area (Å²) in [7, 11) is 0. The molecule has 0 aromatic heterocycles. The summed E-state index contributed by atoms with van der Waals surface area (Å²) in [6.45, 7) is 0. The van der Waals surface area contributed by atoms with Crippen LogP contribution in [0.2, 0.25) is 10.0 Å². The first-order chi connectivity index (χ1) is 8.74. The second-order valence-corrected chi connectivity index (χ2v) is 12.0. The molecule has 0 aliphatic rings. The number of halogens is 2. The normalized spacial score (nSPS) is 10.6. The predicted octanol–water partition coefficient (Wildman–Crippen LogP) is 4.02. The summed E-state index contributed by atoms with van der Waals surface area (Å²) in [5.74, 6) is 0. The van der Waals surface area contributed by atoms with Gasteiger partial charge in [-0.15, -0.1) is 0 Å². The van der Waals surface area contributed by atoms with Crippen LogP contribution in [0, 0.1) is 0 Å². The number of hydrogen-bond donors (Lipinski definition) is 0. The van der Waals surface area contributed by atoms with E-state index in [0.29, 0.717) is 26.3 Å². The Labute approximate surface area is 129 Å². The van der Waals surface area contributed by atoms with Gasteiger partial charge in [0.2, 0.25) is 0 Å². The van der Waals surface area contributed by atoms with Crippen LogP contribution in [0.15, 0.2) is 48.5 Å². The van der Waals surface area contributed by atoms with Gasteiger partial charge in [-0.25, -0.2) is 0 Å². The molecule has 0 atom stereocenters. The van der Waals surface area contributed by atoms with Crippen LogP contribution in [0.1, 0.15) is 11.1 Å². The molecule has 0 bridgehead atoms. The molecule has 0 radical (unpaired) electrons. The molecule has 0 saturated heterocycles. The molecule has 0 amide bonds. The van der Waals surface area contributed by atoms with Gasteiger partial charge in [-0.1, -0.05) is 0 Å². The van der Waals surface area contributed by atoms with Crippen molar-refractivity contribution in [1.29, 1.82) is 0 Å². The molecular weight excluding hydrogens is 397 g/mol. The molecule has 94 valence electrons. The molecule has 2 rings (SSSR count). The molecule has 0 aliphatic carbocycles. The summed E-state index contributed by atoms with van der Waals surface area (Å²) in [6, 6.07) is 16.4. The molecule has 0 nitrogen and oxygen atoms in total. The van der Waals surface area contributed by atoms with E-state index in [1.807, 2.05) is 24.3 Å². The molecule has 4 heteroatoms. The van der Waals surface area contributed by atoms with E-state index in [9.17, 15) is 0 Å². The van der Waals surface area contributed by atoms with Crippen LogP contribution in [-0.2, 0) is 10.6 Å². The first-order valence-corrected chi connectivity index (χ1v) is 13.0. The van der Waals surface area contributed by atoms with Crippen molar-refractivity contribution in [2.45, 2.75) is 10.6 Å². The monoisotopic (exact) mass is 410 g/mol. The molecular formula is C14H12Cl2Se2. The van der Waals surface area contributed by atoms with E-state index in [1.54, 1.807) is 0 Å². The summed E-state index contributed by atoms with van der Waals surface area (Å²) < 4.78 is 0. The Balaban J connectivity index is 1.73. The first-order valence-electron chi connectivity index (χ1n) is 5.47. The van der Waals surface area contributed by atoms with Gasteiger partial charge in [-0.3, -0.25) is 0 Å². The van der Waals surface area contributed by atoms with Crippen molar-refractivity contribution in [3.63, 3.8) is 0 Å². The van der Waals surface area contributed by atoms with Crippen molar-refractivity contribution in [2.24, 2.45) is 0 Å². The summed E-state index contributed by atoms with van der Waals surface area (Å²) in [4.78, 5) is 0. The third-order valence-electron chi connectivity index (χ3n) is 2.36. The fourth-order valence-corrected chi connectivity index (χ4v) is 8.15. The molecule has 2 aromatic carbocycles. The van der Waals surface area contributed by atoms with Crippen LogP contribution in [-0.4, -0.2) is 26.3 Å². The first kappa shape index (κ1) is 14.5. The van der Waals surface area contributed by atoms with Gasteiger partial charge in [0, 0.05) is 0 Å². The molecule has 0 fully saturated rings. The van der Waals surface area contributed by atoms with Gasteiger partial charge in [-0.2, -0.15) is 0 Å². The second-order valence-electron chi connectivity index (χ2n) is 3.78. The van der Waals surface area contributed by atoms with Gasteiger partial charge >= 0.3 is 130 Å². The van der Waals surface area contributed by atoms with E-state index in [2.05, 4.69) is 24.3 Å². The third-order valence-corrected chi connectivity index (χ3v) is 9.49. The van der Waals surface area contributed by atoms with Crippen LogP contribution in [0.4, 0.5) is 0 Å². The molecule has 0 saturated carbocycles. The zero-order valence-electron chi connectivity index (χ0n) is 9.61. The van der Waals surface area contributed by atoms with Gasteiger partial charge < -0.3 is 0 Å². The predicted molar refractivity (Wildman–Crippen MR) is 81.8 cm³/mol. The van der Waals surface area contributed by atoms with E-state index in [1.165, 1.54) is 21.8 Å². The van der Waals surface area contributed by atoms with E-state index < -0.39 is 0 Å². The minimum absolute atomic E-state index is 0.709. The SMILES string of the molecule is Clc1ccc(C[Se][Se]Cc2ccc(Cl)cc2)cc1. The zero-order valence-corrected chi connectivity index (χ0v) is 14.5. The fourth-order valence-electron chi connectivity index (χ4n) is 1.38. The Morgan fingerprint density at radius 1 is 0.611 bits per heavy atom. The molecule has 0 spiro atoms. The Bertz CT molecular complexity index is 433. The van der Waals surface area contributed by atoms with E-state index in [4.69, 9.17) is 23.2 Å². The minimum atomic E-state index is 0.709. The van der Waals surface area contributed by atoms with Gasteiger partial charge in [-0.05, 0) is 0 Å². The summed E-state index contributed by atoms with van der Waals surface area (Å²) >= 11 is 13.1. The Morgan fingerprint density at radius 3 is 1.28 bits per heavy atom. The molecule has 2 aromatic rings. The number of rotatable bonds is 5. The van der Waals surface area contributed by atoms with Crippen molar-refractivity contribution < 1.29 is 0 Å². The average molecular weight is 409 g/mol. The third kappa shape index (κ3) is 4.97. The van der Waals surface area contributed by atoms with Crippen LogP contribution in [0.25, 0.3) is 0 Å². The van der Waals surface area contributed by atoms with Crippen LogP contribution in [0.3, 0.4) is 0 Å². The Hall–Kier alpha value is 0.0590. The maximum absolute atomic E-state index is 5.86. The van der Waals surface area contributed by atoms with Crippen LogP contribution in [0.5, 0.6) is 0 Å². The average Bonchev–Trinajstić information content (AvgIpc) is 2.39. The second kappa shape index (κ2) is 7.60.